The Labute approximate surface area is 108 Å². The van der Waals surface area contributed by atoms with Crippen molar-refractivity contribution in [2.24, 2.45) is 13.0 Å². The summed E-state index contributed by atoms with van der Waals surface area (Å²) in [7, 11) is 2.04. The molecule has 1 aliphatic heterocycles. The molecule has 0 amide bonds. The number of rotatable bonds is 1. The third-order valence-corrected chi connectivity index (χ3v) is 3.94. The maximum atomic E-state index is 4.71. The summed E-state index contributed by atoms with van der Waals surface area (Å²) in [6, 6.07) is 4.26. The van der Waals surface area contributed by atoms with E-state index in [-0.39, 0.29) is 0 Å². The van der Waals surface area contributed by atoms with E-state index in [9.17, 15) is 0 Å². The number of aryl methyl sites for hydroxylation is 2. The number of hydrogen-bond donors (Lipinski definition) is 0. The van der Waals surface area contributed by atoms with Crippen LogP contribution in [0.5, 0.6) is 0 Å². The molecule has 3 heterocycles. The Bertz CT molecular complexity index is 572. The fourth-order valence-corrected chi connectivity index (χ4v) is 2.75. The van der Waals surface area contributed by atoms with Crippen molar-refractivity contribution >= 4 is 17.0 Å². The van der Waals surface area contributed by atoms with Crippen LogP contribution in [0.1, 0.15) is 25.6 Å². The Kier molecular flexibility index (Phi) is 2.73. The fourth-order valence-electron chi connectivity index (χ4n) is 2.75. The number of aromatic nitrogens is 3. The van der Waals surface area contributed by atoms with Crippen LogP contribution in [-0.4, -0.2) is 27.6 Å². The van der Waals surface area contributed by atoms with Gasteiger partial charge in [-0.05, 0) is 37.8 Å². The highest BCUT2D eigenvalue weighted by Crippen LogP contribution is 2.23. The average Bonchev–Trinajstić information content (AvgIpc) is 2.65. The zero-order chi connectivity index (χ0) is 12.7. The van der Waals surface area contributed by atoms with E-state index in [0.29, 0.717) is 0 Å². The molecule has 96 valence electrons. The normalized spacial score (nSPS) is 20.6. The minimum absolute atomic E-state index is 0.765. The summed E-state index contributed by atoms with van der Waals surface area (Å²) in [6.07, 6.45) is 2.60. The Morgan fingerprint density at radius 1 is 1.28 bits per heavy atom. The summed E-state index contributed by atoms with van der Waals surface area (Å²) in [6.45, 7) is 6.57. The lowest BCUT2D eigenvalue weighted by molar-refractivity contribution is 0.445. The van der Waals surface area contributed by atoms with E-state index in [2.05, 4.69) is 33.5 Å². The molecule has 1 fully saturated rings. The van der Waals surface area contributed by atoms with Crippen molar-refractivity contribution in [3.8, 4) is 0 Å². The van der Waals surface area contributed by atoms with Crippen LogP contribution in [0, 0.1) is 12.8 Å². The molecule has 3 rings (SSSR count). The van der Waals surface area contributed by atoms with E-state index >= 15 is 0 Å². The second-order valence-electron chi connectivity index (χ2n) is 5.42. The third-order valence-electron chi connectivity index (χ3n) is 3.94. The molecule has 0 aliphatic carbocycles. The molecule has 1 saturated heterocycles. The lowest BCUT2D eigenvalue weighted by Gasteiger charge is -2.31. The highest BCUT2D eigenvalue weighted by Gasteiger charge is 2.18. The van der Waals surface area contributed by atoms with E-state index in [1.807, 2.05) is 14.0 Å². The summed E-state index contributed by atoms with van der Waals surface area (Å²) in [5.41, 5.74) is 1.98. The molecule has 18 heavy (non-hydrogen) atoms. The standard InChI is InChI=1S/C14H20N4/c1-10-5-4-8-18(9-10)13-7-6-12-14(16-13)15-11(2)17(12)3/h6-7,10H,4-5,8-9H2,1-3H3. The lowest BCUT2D eigenvalue weighted by atomic mass is 10.0. The summed E-state index contributed by atoms with van der Waals surface area (Å²) >= 11 is 0. The van der Waals surface area contributed by atoms with Gasteiger partial charge >= 0.3 is 0 Å². The molecule has 1 atom stereocenters. The van der Waals surface area contributed by atoms with Crippen molar-refractivity contribution in [3.05, 3.63) is 18.0 Å². The van der Waals surface area contributed by atoms with Crippen LogP contribution in [0.3, 0.4) is 0 Å². The largest absolute Gasteiger partial charge is 0.356 e. The molecule has 0 saturated carbocycles. The summed E-state index contributed by atoms with van der Waals surface area (Å²) in [4.78, 5) is 11.6. The lowest BCUT2D eigenvalue weighted by Crippen LogP contribution is -2.34. The van der Waals surface area contributed by atoms with E-state index in [4.69, 9.17) is 4.98 Å². The zero-order valence-electron chi connectivity index (χ0n) is 11.3. The highest BCUT2D eigenvalue weighted by atomic mass is 15.2. The topological polar surface area (TPSA) is 34.0 Å². The fraction of sp³-hybridized carbons (Fsp3) is 0.571. The smallest absolute Gasteiger partial charge is 0.179 e. The Hall–Kier alpha value is -1.58. The zero-order valence-corrected chi connectivity index (χ0v) is 11.3. The van der Waals surface area contributed by atoms with Gasteiger partial charge in [0.1, 0.15) is 11.6 Å². The van der Waals surface area contributed by atoms with Gasteiger partial charge in [0.25, 0.3) is 0 Å². The minimum Gasteiger partial charge on any atom is -0.356 e. The predicted octanol–water partition coefficient (Wildman–Crippen LogP) is 2.51. The summed E-state index contributed by atoms with van der Waals surface area (Å²) in [5, 5.41) is 0. The third kappa shape index (κ3) is 1.85. The molecular weight excluding hydrogens is 224 g/mol. The Morgan fingerprint density at radius 2 is 2.11 bits per heavy atom. The van der Waals surface area contributed by atoms with Crippen molar-refractivity contribution in [1.82, 2.24) is 14.5 Å². The number of pyridine rings is 1. The van der Waals surface area contributed by atoms with Gasteiger partial charge in [-0.3, -0.25) is 0 Å². The van der Waals surface area contributed by atoms with Crippen LogP contribution in [0.4, 0.5) is 5.82 Å². The SMILES string of the molecule is Cc1nc2nc(N3CCCC(C)C3)ccc2n1C. The first-order valence-electron chi connectivity index (χ1n) is 6.70. The van der Waals surface area contributed by atoms with Crippen molar-refractivity contribution < 1.29 is 0 Å². The number of piperidine rings is 1. The number of imidazole rings is 1. The van der Waals surface area contributed by atoms with Crippen LogP contribution in [0.2, 0.25) is 0 Å². The highest BCUT2D eigenvalue weighted by molar-refractivity contribution is 5.74. The van der Waals surface area contributed by atoms with Gasteiger partial charge in [-0.15, -0.1) is 0 Å². The molecule has 1 unspecified atom stereocenters. The minimum atomic E-state index is 0.765. The quantitative estimate of drug-likeness (QED) is 0.773. The second kappa shape index (κ2) is 4.26. The predicted molar refractivity (Wildman–Crippen MR) is 73.9 cm³/mol. The first kappa shape index (κ1) is 11.5. The molecule has 0 N–H and O–H groups in total. The summed E-state index contributed by atoms with van der Waals surface area (Å²) in [5.74, 6) is 2.86. The molecule has 0 aromatic carbocycles. The molecule has 2 aromatic heterocycles. The molecular formula is C14H20N4. The molecule has 0 spiro atoms. The van der Waals surface area contributed by atoms with Gasteiger partial charge in [-0.1, -0.05) is 6.92 Å². The van der Waals surface area contributed by atoms with Gasteiger partial charge in [0.05, 0.1) is 5.52 Å². The molecule has 4 heteroatoms. The molecule has 0 radical (unpaired) electrons. The van der Waals surface area contributed by atoms with Crippen molar-refractivity contribution in [2.45, 2.75) is 26.7 Å². The van der Waals surface area contributed by atoms with Gasteiger partial charge in [-0.25, -0.2) is 9.97 Å². The van der Waals surface area contributed by atoms with Crippen molar-refractivity contribution in [1.29, 1.82) is 0 Å². The van der Waals surface area contributed by atoms with E-state index in [1.165, 1.54) is 12.8 Å². The summed E-state index contributed by atoms with van der Waals surface area (Å²) < 4.78 is 2.09. The number of anilines is 1. The van der Waals surface area contributed by atoms with E-state index in [1.54, 1.807) is 0 Å². The molecule has 4 nitrogen and oxygen atoms in total. The second-order valence-corrected chi connectivity index (χ2v) is 5.42. The van der Waals surface area contributed by atoms with Gasteiger partial charge in [0.15, 0.2) is 5.65 Å². The maximum absolute atomic E-state index is 4.71. The van der Waals surface area contributed by atoms with Crippen LogP contribution in [0.15, 0.2) is 12.1 Å². The molecule has 2 aromatic rings. The van der Waals surface area contributed by atoms with Gasteiger partial charge in [0.2, 0.25) is 0 Å². The van der Waals surface area contributed by atoms with Crippen molar-refractivity contribution in [2.75, 3.05) is 18.0 Å². The first-order chi connectivity index (χ1) is 8.65. The molecule has 1 aliphatic rings. The first-order valence-corrected chi connectivity index (χ1v) is 6.70. The van der Waals surface area contributed by atoms with Crippen LogP contribution in [0.25, 0.3) is 11.2 Å². The number of nitrogens with zero attached hydrogens (tertiary/aromatic N) is 4. The van der Waals surface area contributed by atoms with Gasteiger partial charge < -0.3 is 9.47 Å². The van der Waals surface area contributed by atoms with Crippen LogP contribution < -0.4 is 4.90 Å². The van der Waals surface area contributed by atoms with Crippen LogP contribution >= 0.6 is 0 Å². The van der Waals surface area contributed by atoms with Crippen LogP contribution in [-0.2, 0) is 7.05 Å². The average molecular weight is 244 g/mol. The van der Waals surface area contributed by atoms with E-state index < -0.39 is 0 Å². The number of hydrogen-bond acceptors (Lipinski definition) is 3. The molecule has 0 bridgehead atoms. The van der Waals surface area contributed by atoms with E-state index in [0.717, 1.165) is 41.8 Å². The Morgan fingerprint density at radius 3 is 2.89 bits per heavy atom. The maximum Gasteiger partial charge on any atom is 0.179 e. The van der Waals surface area contributed by atoms with Gasteiger partial charge in [0, 0.05) is 20.1 Å². The Balaban J connectivity index is 1.97. The van der Waals surface area contributed by atoms with Crippen molar-refractivity contribution in [3.63, 3.8) is 0 Å². The monoisotopic (exact) mass is 244 g/mol. The number of fused-ring (bicyclic) bond motifs is 1. The van der Waals surface area contributed by atoms with Gasteiger partial charge in [-0.2, -0.15) is 0 Å².